The molecule has 1 unspecified atom stereocenters. The third-order valence-electron chi connectivity index (χ3n) is 4.89. The van der Waals surface area contributed by atoms with Gasteiger partial charge >= 0.3 is 0 Å². The predicted octanol–water partition coefficient (Wildman–Crippen LogP) is 2.96. The lowest BCUT2D eigenvalue weighted by Crippen LogP contribution is -2.42. The van der Waals surface area contributed by atoms with E-state index < -0.39 is 0 Å². The Morgan fingerprint density at radius 2 is 1.88 bits per heavy atom. The molecule has 0 saturated carbocycles. The number of likely N-dealkylation sites (tertiary alicyclic amines) is 1. The number of carbonyl (C=O) groups is 1. The number of ketones is 1. The average Bonchev–Trinajstić information content (AvgIpc) is 2.63. The van der Waals surface area contributed by atoms with E-state index in [1.54, 1.807) is 12.1 Å². The normalized spacial score (nSPS) is 22.1. The van der Waals surface area contributed by atoms with E-state index in [2.05, 4.69) is 4.90 Å². The monoisotopic (exact) mass is 363 g/mol. The predicted molar refractivity (Wildman–Crippen MR) is 97.7 cm³/mol. The third-order valence-corrected chi connectivity index (χ3v) is 5.40. The first kappa shape index (κ1) is 18.0. The Balaban J connectivity index is 1.46. The van der Waals surface area contributed by atoms with Gasteiger partial charge in [-0.1, -0.05) is 11.6 Å². The Bertz CT molecular complexity index is 666. The molecular formula is C19H23ClFN3O. The summed E-state index contributed by atoms with van der Waals surface area (Å²) in [5.74, 6) is -0.167. The highest BCUT2D eigenvalue weighted by atomic mass is 35.5. The van der Waals surface area contributed by atoms with Gasteiger partial charge < -0.3 is 15.5 Å². The minimum absolute atomic E-state index is 0.0240. The molecule has 6 heteroatoms. The number of carbonyl (C=O) groups excluding carboxylic acids is 1. The average molecular weight is 364 g/mol. The molecular weight excluding hydrogens is 341 g/mol. The van der Waals surface area contributed by atoms with Crippen molar-refractivity contribution in [3.05, 3.63) is 59.7 Å². The van der Waals surface area contributed by atoms with Crippen LogP contribution in [0.2, 0.25) is 0 Å². The summed E-state index contributed by atoms with van der Waals surface area (Å²) in [6, 6.07) is 5.84. The Morgan fingerprint density at radius 3 is 2.56 bits per heavy atom. The van der Waals surface area contributed by atoms with Crippen molar-refractivity contribution in [3.8, 4) is 0 Å². The number of Topliss-reactive ketones (excluding diaryl/α,β-unsaturated/α-hetero) is 1. The smallest absolute Gasteiger partial charge is 0.166 e. The summed E-state index contributed by atoms with van der Waals surface area (Å²) in [5.41, 5.74) is 6.83. The number of nitrogens with zero attached hydrogens (tertiary/aromatic N) is 2. The van der Waals surface area contributed by atoms with Crippen molar-refractivity contribution in [2.45, 2.75) is 18.3 Å². The van der Waals surface area contributed by atoms with Gasteiger partial charge in [0.05, 0.1) is 0 Å². The van der Waals surface area contributed by atoms with E-state index >= 15 is 0 Å². The quantitative estimate of drug-likeness (QED) is 0.496. The second-order valence-corrected chi connectivity index (χ2v) is 6.98. The van der Waals surface area contributed by atoms with Crippen LogP contribution in [0.25, 0.3) is 0 Å². The van der Waals surface area contributed by atoms with Gasteiger partial charge in [-0.15, -0.1) is 0 Å². The summed E-state index contributed by atoms with van der Waals surface area (Å²) < 4.78 is 13.0. The summed E-state index contributed by atoms with van der Waals surface area (Å²) >= 11 is 6.29. The molecule has 1 saturated heterocycles. The molecule has 134 valence electrons. The number of piperidine rings is 1. The maximum Gasteiger partial charge on any atom is 0.166 e. The first-order chi connectivity index (χ1) is 12.0. The molecule has 0 bridgehead atoms. The summed E-state index contributed by atoms with van der Waals surface area (Å²) in [4.78, 5) is 16.9. The number of nitrogens with two attached hydrogens (primary N) is 1. The van der Waals surface area contributed by atoms with E-state index in [4.69, 9.17) is 17.3 Å². The standard InChI is InChI=1S/C19H23ClFN3O/c20-19-17(22)2-1-9-24(19)13-12-23-10-7-15(8-11-23)18(25)14-3-5-16(21)6-4-14/h1-6,9,15,19H,7-8,10-13,22H2. The number of halogens is 2. The van der Waals surface area contributed by atoms with Crippen LogP contribution >= 0.6 is 11.6 Å². The largest absolute Gasteiger partial charge is 0.399 e. The summed E-state index contributed by atoms with van der Waals surface area (Å²) in [6.45, 7) is 3.45. The third kappa shape index (κ3) is 4.41. The van der Waals surface area contributed by atoms with Crippen molar-refractivity contribution in [1.29, 1.82) is 0 Å². The summed E-state index contributed by atoms with van der Waals surface area (Å²) in [7, 11) is 0. The minimum atomic E-state index is -0.314. The van der Waals surface area contributed by atoms with Crippen LogP contribution in [-0.2, 0) is 0 Å². The Labute approximate surface area is 152 Å². The van der Waals surface area contributed by atoms with Gasteiger partial charge in [-0.25, -0.2) is 4.39 Å². The van der Waals surface area contributed by atoms with Crippen molar-refractivity contribution in [3.63, 3.8) is 0 Å². The van der Waals surface area contributed by atoms with E-state index in [0.717, 1.165) is 39.0 Å². The van der Waals surface area contributed by atoms with E-state index in [1.807, 2.05) is 23.3 Å². The molecule has 1 aromatic carbocycles. The molecule has 0 aliphatic carbocycles. The van der Waals surface area contributed by atoms with Gasteiger partial charge in [0, 0.05) is 36.5 Å². The Hall–Kier alpha value is -1.85. The van der Waals surface area contributed by atoms with E-state index in [-0.39, 0.29) is 23.0 Å². The number of hydrogen-bond donors (Lipinski definition) is 1. The van der Waals surface area contributed by atoms with Crippen LogP contribution < -0.4 is 5.73 Å². The number of benzene rings is 1. The molecule has 1 fully saturated rings. The number of allylic oxidation sites excluding steroid dienone is 2. The van der Waals surface area contributed by atoms with Gasteiger partial charge in [-0.2, -0.15) is 0 Å². The van der Waals surface area contributed by atoms with Crippen molar-refractivity contribution in [2.75, 3.05) is 26.2 Å². The molecule has 1 atom stereocenters. The highest BCUT2D eigenvalue weighted by molar-refractivity contribution is 6.22. The number of alkyl halides is 1. The van der Waals surface area contributed by atoms with Gasteiger partial charge in [0.25, 0.3) is 0 Å². The molecule has 25 heavy (non-hydrogen) atoms. The summed E-state index contributed by atoms with van der Waals surface area (Å²) in [6.07, 6.45) is 7.35. The molecule has 0 amide bonds. The van der Waals surface area contributed by atoms with Crippen molar-refractivity contribution in [2.24, 2.45) is 11.7 Å². The molecule has 1 aromatic rings. The SMILES string of the molecule is NC1=CC=CN(CCN2CCC(C(=O)c3ccc(F)cc3)CC2)C1Cl. The molecule has 2 aliphatic rings. The van der Waals surface area contributed by atoms with Crippen molar-refractivity contribution in [1.82, 2.24) is 9.80 Å². The van der Waals surface area contributed by atoms with Crippen LogP contribution in [0.4, 0.5) is 4.39 Å². The second-order valence-electron chi connectivity index (χ2n) is 6.57. The maximum absolute atomic E-state index is 13.0. The van der Waals surface area contributed by atoms with E-state index in [0.29, 0.717) is 11.3 Å². The fraction of sp³-hybridized carbons (Fsp3) is 0.421. The zero-order valence-electron chi connectivity index (χ0n) is 14.1. The number of rotatable bonds is 5. The molecule has 3 rings (SSSR count). The molecule has 0 radical (unpaired) electrons. The molecule has 0 spiro atoms. The van der Waals surface area contributed by atoms with Gasteiger partial charge in [0.1, 0.15) is 11.3 Å². The number of hydrogen-bond acceptors (Lipinski definition) is 4. The first-order valence-corrected chi connectivity index (χ1v) is 9.04. The summed E-state index contributed by atoms with van der Waals surface area (Å²) in [5, 5.41) is 0. The Morgan fingerprint density at radius 1 is 1.20 bits per heavy atom. The Kier molecular flexibility index (Phi) is 5.76. The fourth-order valence-corrected chi connectivity index (χ4v) is 3.56. The second kappa shape index (κ2) is 8.02. The topological polar surface area (TPSA) is 49.6 Å². The van der Waals surface area contributed by atoms with Gasteiger partial charge in [0.15, 0.2) is 5.78 Å². The van der Waals surface area contributed by atoms with Gasteiger partial charge in [0.2, 0.25) is 0 Å². The lowest BCUT2D eigenvalue weighted by Gasteiger charge is -2.34. The highest BCUT2D eigenvalue weighted by Gasteiger charge is 2.26. The fourth-order valence-electron chi connectivity index (χ4n) is 3.32. The van der Waals surface area contributed by atoms with Crippen molar-refractivity contribution >= 4 is 17.4 Å². The molecule has 2 N–H and O–H groups in total. The van der Waals surface area contributed by atoms with E-state index in [1.165, 1.54) is 12.1 Å². The zero-order chi connectivity index (χ0) is 17.8. The molecule has 2 heterocycles. The lowest BCUT2D eigenvalue weighted by atomic mass is 9.89. The minimum Gasteiger partial charge on any atom is -0.399 e. The van der Waals surface area contributed by atoms with Crippen LogP contribution in [0, 0.1) is 11.7 Å². The molecule has 4 nitrogen and oxygen atoms in total. The van der Waals surface area contributed by atoms with Crippen molar-refractivity contribution < 1.29 is 9.18 Å². The van der Waals surface area contributed by atoms with E-state index in [9.17, 15) is 9.18 Å². The maximum atomic E-state index is 13.0. The zero-order valence-corrected chi connectivity index (χ0v) is 14.8. The molecule has 0 aromatic heterocycles. The van der Waals surface area contributed by atoms with Gasteiger partial charge in [-0.3, -0.25) is 4.79 Å². The van der Waals surface area contributed by atoms with Crippen LogP contribution in [-0.4, -0.2) is 47.3 Å². The van der Waals surface area contributed by atoms with Crippen LogP contribution in [0.3, 0.4) is 0 Å². The highest BCUT2D eigenvalue weighted by Crippen LogP contribution is 2.22. The lowest BCUT2D eigenvalue weighted by molar-refractivity contribution is 0.0834. The van der Waals surface area contributed by atoms with Crippen LogP contribution in [0.15, 0.2) is 48.3 Å². The van der Waals surface area contributed by atoms with Crippen LogP contribution in [0.5, 0.6) is 0 Å². The first-order valence-electron chi connectivity index (χ1n) is 8.60. The van der Waals surface area contributed by atoms with Gasteiger partial charge in [-0.05, 0) is 62.3 Å². The van der Waals surface area contributed by atoms with Crippen LogP contribution in [0.1, 0.15) is 23.2 Å². The molecule has 2 aliphatic heterocycles.